The van der Waals surface area contributed by atoms with E-state index in [1.165, 1.54) is 42.5 Å². The molecule has 0 radical (unpaired) electrons. The number of fused-ring (bicyclic) bond motifs is 2. The van der Waals surface area contributed by atoms with E-state index in [1.807, 2.05) is 14.1 Å². The van der Waals surface area contributed by atoms with Crippen molar-refractivity contribution >= 4 is 41.4 Å². The van der Waals surface area contributed by atoms with Gasteiger partial charge in [-0.15, -0.1) is 0 Å². The largest absolute Gasteiger partial charge is 0.508 e. The molecule has 4 rings (SSSR count). The Morgan fingerprint density at radius 2 is 1.35 bits per heavy atom. The van der Waals surface area contributed by atoms with Crippen LogP contribution in [0.2, 0.25) is 0 Å². The Morgan fingerprint density at radius 1 is 0.744 bits per heavy atom. The lowest BCUT2D eigenvalue weighted by atomic mass is 9.91. The number of ether oxygens (including phenoxy) is 1. The molecule has 3 aliphatic rings. The van der Waals surface area contributed by atoms with E-state index in [0.29, 0.717) is 31.1 Å². The van der Waals surface area contributed by atoms with Crippen molar-refractivity contribution in [2.45, 2.75) is 241 Å². The van der Waals surface area contributed by atoms with E-state index in [9.17, 15) is 74.4 Å². The quantitative estimate of drug-likeness (QED) is 0.0468. The van der Waals surface area contributed by atoms with Gasteiger partial charge in [0.1, 0.15) is 54.3 Å². The van der Waals surface area contributed by atoms with E-state index in [4.69, 9.17) is 10.5 Å². The zero-order valence-corrected chi connectivity index (χ0v) is 51.5. The van der Waals surface area contributed by atoms with Gasteiger partial charge < -0.3 is 92.6 Å². The minimum absolute atomic E-state index is 0.00417. The van der Waals surface area contributed by atoms with Gasteiger partial charge in [0.2, 0.25) is 41.4 Å². The summed E-state index contributed by atoms with van der Waals surface area (Å²) in [6, 6.07) is -6.00. The van der Waals surface area contributed by atoms with Gasteiger partial charge in [-0.1, -0.05) is 110 Å². The van der Waals surface area contributed by atoms with Crippen LogP contribution in [0.15, 0.2) is 36.5 Å². The molecule has 25 heteroatoms. The average molecular weight is 1220 g/mol. The summed E-state index contributed by atoms with van der Waals surface area (Å²) in [5.41, 5.74) is 5.26. The van der Waals surface area contributed by atoms with Gasteiger partial charge in [0.15, 0.2) is 6.23 Å². The summed E-state index contributed by atoms with van der Waals surface area (Å²) >= 11 is 0. The fraction of sp³-hybridized carbons (Fsp3) is 0.754. The molecule has 0 aliphatic carbocycles. The fourth-order valence-corrected chi connectivity index (χ4v) is 11.6. The van der Waals surface area contributed by atoms with Crippen LogP contribution in [0.3, 0.4) is 0 Å². The molecule has 7 amide bonds. The molecule has 0 spiro atoms. The van der Waals surface area contributed by atoms with E-state index >= 15 is 0 Å². The normalized spacial score (nSPS) is 26.9. The first-order chi connectivity index (χ1) is 40.7. The monoisotopic (exact) mass is 1220 g/mol. The molecule has 25 nitrogen and oxygen atoms in total. The number of rotatable bonds is 30. The lowest BCUT2D eigenvalue weighted by Gasteiger charge is -2.36. The van der Waals surface area contributed by atoms with Gasteiger partial charge in [0, 0.05) is 44.7 Å². The van der Waals surface area contributed by atoms with E-state index in [0.717, 1.165) is 82.1 Å². The number of aliphatic hydroxyl groups excluding tert-OH is 7. The van der Waals surface area contributed by atoms with Crippen molar-refractivity contribution in [2.24, 2.45) is 17.6 Å². The van der Waals surface area contributed by atoms with E-state index in [1.54, 1.807) is 0 Å². The third-order valence-electron chi connectivity index (χ3n) is 16.8. The first-order valence-corrected chi connectivity index (χ1v) is 31.1. The summed E-state index contributed by atoms with van der Waals surface area (Å²) in [5.74, 6) is -6.37. The van der Waals surface area contributed by atoms with Gasteiger partial charge in [-0.3, -0.25) is 33.6 Å². The number of unbranched alkanes of at least 4 members (excludes halogenated alkanes) is 10. The molecule has 3 saturated heterocycles. The molecule has 3 heterocycles. The summed E-state index contributed by atoms with van der Waals surface area (Å²) in [7, 11) is 4.00. The molecule has 0 bridgehead atoms. The Balaban J connectivity index is 1.76. The Labute approximate surface area is 507 Å². The van der Waals surface area contributed by atoms with Gasteiger partial charge in [-0.2, -0.15) is 0 Å². The number of phenols is 1. The highest BCUT2D eigenvalue weighted by Crippen LogP contribution is 2.29. The predicted molar refractivity (Wildman–Crippen MR) is 320 cm³/mol. The highest BCUT2D eigenvalue weighted by atomic mass is 16.5. The van der Waals surface area contributed by atoms with Crippen molar-refractivity contribution < 1.29 is 79.2 Å². The molecule has 3 aliphatic heterocycles. The Hall–Kier alpha value is -5.51. The number of hydrogen-bond donors (Lipinski definition) is 14. The minimum atomic E-state index is -2.29. The first kappa shape index (κ1) is 73.0. The summed E-state index contributed by atoms with van der Waals surface area (Å²) in [6.07, 6.45) is -2.68. The number of nitrogens with two attached hydrogens (primary N) is 1. The molecular weight excluding hydrogens is 1110 g/mol. The van der Waals surface area contributed by atoms with Gasteiger partial charge in [0.05, 0.1) is 36.9 Å². The standard InChI is InChI=1S/C61H103N9O16/c1-8-36(2)31-37(3)21-17-13-9-10-14-18-22-49(78)63-43-33-47(76)60(86-30-20-16-12-11-15-19-28-68(6)7)67-59(84)53-45(74)27-29-69(53)61(85)51(46(75)34-48(62)77)65-58(83)52(55(80)54(79)40-23-25-41(72)26-24-40)66-57(82)44-32-42(73)35-70(44)38(4)50(39(5)71)64-56(43)81/h23-26,36-37,39,42-47,50-55,60,71-76,79-80H,4,8-22,27-35H2,1-3,5-7H3,(H2,62,77)(H,63,78)(H,64,81)(H,65,83)(H,66,82)(H,67,84)/t36-,37+,39+,42+,43-,44?,45-,46+,47+,50?,51?,52?,53?,54?,55?,60?/m0/s1. The van der Waals surface area contributed by atoms with Gasteiger partial charge in [0.25, 0.3) is 0 Å². The van der Waals surface area contributed by atoms with Crippen LogP contribution in [0.5, 0.6) is 5.75 Å². The van der Waals surface area contributed by atoms with Gasteiger partial charge in [-0.05, 0) is 89.2 Å². The topological polar surface area (TPSA) is 386 Å². The summed E-state index contributed by atoms with van der Waals surface area (Å²) in [5, 5.41) is 103. The third-order valence-corrected chi connectivity index (χ3v) is 16.8. The van der Waals surface area contributed by atoms with Crippen molar-refractivity contribution in [2.75, 3.05) is 40.3 Å². The van der Waals surface area contributed by atoms with Gasteiger partial charge >= 0.3 is 0 Å². The van der Waals surface area contributed by atoms with Crippen LogP contribution < -0.4 is 32.3 Å². The maximum Gasteiger partial charge on any atom is 0.248 e. The fourth-order valence-electron chi connectivity index (χ4n) is 11.6. The molecule has 1 aromatic rings. The summed E-state index contributed by atoms with van der Waals surface area (Å²) < 4.78 is 6.17. The number of aromatic hydroxyl groups is 1. The second-order valence-electron chi connectivity index (χ2n) is 24.5. The van der Waals surface area contributed by atoms with Crippen LogP contribution in [0.4, 0.5) is 0 Å². The molecular formula is C61H103N9O16. The van der Waals surface area contributed by atoms with Crippen LogP contribution in [0.1, 0.15) is 168 Å². The smallest absolute Gasteiger partial charge is 0.248 e. The Bertz CT molecular complexity index is 2320. The highest BCUT2D eigenvalue weighted by Gasteiger charge is 2.48. The van der Waals surface area contributed by atoms with Crippen molar-refractivity contribution in [1.82, 2.24) is 41.3 Å². The average Bonchev–Trinajstić information content (AvgIpc) is 3.41. The third kappa shape index (κ3) is 23.2. The Kier molecular flexibility index (Phi) is 31.1. The van der Waals surface area contributed by atoms with E-state index in [2.05, 4.69) is 58.8 Å². The van der Waals surface area contributed by atoms with Crippen LogP contribution in [0, 0.1) is 11.8 Å². The SMILES string of the molecule is C=C1C([C@@H](C)O)NC(=O)[C@@H](NC(=O)CCCCCCCC[C@@H](C)C[C@@H](C)CC)C[C@@H](O)C(OCCCCCCCCN(C)C)NC(=O)C2[C@@H](O)CCN2C(=O)C([C@H](O)CC(N)=O)NC(=O)C(C(O)C(O)c2ccc(O)cc2)NC(=O)C2C[C@@H](O)CN12. The number of primary amides is 1. The maximum atomic E-state index is 14.8. The molecule has 16 atom stereocenters. The number of aliphatic hydroxyl groups is 7. The molecule has 8 unspecified atom stereocenters. The molecule has 15 N–H and O–H groups in total. The van der Waals surface area contributed by atoms with Crippen LogP contribution in [-0.2, 0) is 38.3 Å². The number of nitrogens with zero attached hydrogens (tertiary/aromatic N) is 3. The van der Waals surface area contributed by atoms with Crippen molar-refractivity contribution in [3.8, 4) is 5.75 Å². The summed E-state index contributed by atoms with van der Waals surface area (Å²) in [4.78, 5) is 104. The molecule has 3 fully saturated rings. The number of hydrogen-bond acceptors (Lipinski definition) is 18. The number of carbonyl (C=O) groups excluding carboxylic acids is 7. The lowest BCUT2D eigenvalue weighted by molar-refractivity contribution is -0.150. The zero-order valence-electron chi connectivity index (χ0n) is 51.5. The second-order valence-corrected chi connectivity index (χ2v) is 24.5. The van der Waals surface area contributed by atoms with Crippen LogP contribution >= 0.6 is 0 Å². The first-order valence-electron chi connectivity index (χ1n) is 31.1. The number of phenolic OH excluding ortho intramolecular Hbond substituents is 1. The molecule has 1 aromatic carbocycles. The number of nitrogens with one attached hydrogen (secondary N) is 5. The van der Waals surface area contributed by atoms with E-state index < -0.39 is 139 Å². The highest BCUT2D eigenvalue weighted by molar-refractivity contribution is 5.96. The zero-order chi connectivity index (χ0) is 63.8. The van der Waals surface area contributed by atoms with Crippen molar-refractivity contribution in [3.63, 3.8) is 0 Å². The summed E-state index contributed by atoms with van der Waals surface area (Å²) in [6.45, 7) is 12.4. The molecule has 86 heavy (non-hydrogen) atoms. The Morgan fingerprint density at radius 3 is 1.98 bits per heavy atom. The van der Waals surface area contributed by atoms with E-state index in [-0.39, 0.29) is 56.0 Å². The van der Waals surface area contributed by atoms with Crippen molar-refractivity contribution in [3.05, 3.63) is 42.1 Å². The maximum absolute atomic E-state index is 14.8. The number of benzene rings is 1. The minimum Gasteiger partial charge on any atom is -0.508 e. The molecule has 0 aromatic heterocycles. The predicted octanol–water partition coefficient (Wildman–Crippen LogP) is 0.572. The number of amides is 7. The lowest BCUT2D eigenvalue weighted by Crippen LogP contribution is -2.64. The molecule has 488 valence electrons. The van der Waals surface area contributed by atoms with Crippen molar-refractivity contribution in [1.29, 1.82) is 0 Å². The number of carbonyl (C=O) groups is 7. The van der Waals surface area contributed by atoms with Crippen LogP contribution in [-0.4, -0.2) is 216 Å². The molecule has 0 saturated carbocycles. The second kappa shape index (κ2) is 36.7. The van der Waals surface area contributed by atoms with Gasteiger partial charge in [-0.25, -0.2) is 0 Å². The van der Waals surface area contributed by atoms with Crippen LogP contribution in [0.25, 0.3) is 0 Å².